The molecule has 0 spiro atoms. The Bertz CT molecular complexity index is 406. The summed E-state index contributed by atoms with van der Waals surface area (Å²) >= 11 is 0. The minimum absolute atomic E-state index is 0.630. The van der Waals surface area contributed by atoms with Crippen LogP contribution in [0.4, 0.5) is 0 Å². The predicted molar refractivity (Wildman–Crippen MR) is 105 cm³/mol. The largest absolute Gasteiger partial charge is 0.316 e. The van der Waals surface area contributed by atoms with E-state index in [-0.39, 0.29) is 0 Å². The zero-order valence-electron chi connectivity index (χ0n) is 15.9. The maximum absolute atomic E-state index is 4.73. The molecule has 1 fully saturated rings. The molecule has 0 aromatic carbocycles. The molecule has 2 rings (SSSR count). The quantitative estimate of drug-likeness (QED) is 0.475. The fourth-order valence-electron chi connectivity index (χ4n) is 3.75. The van der Waals surface area contributed by atoms with Gasteiger partial charge in [0.2, 0.25) is 0 Å². The van der Waals surface area contributed by atoms with Gasteiger partial charge < -0.3 is 5.32 Å². The summed E-state index contributed by atoms with van der Waals surface area (Å²) in [6.45, 7) is 4.56. The molecule has 2 heterocycles. The van der Waals surface area contributed by atoms with E-state index >= 15 is 0 Å². The molecular formula is C22H38N2. The number of hydrogen-bond donors (Lipinski definition) is 1. The molecule has 0 radical (unpaired) electrons. The molecule has 1 unspecified atom stereocenters. The highest BCUT2D eigenvalue weighted by atomic mass is 14.9. The zero-order valence-corrected chi connectivity index (χ0v) is 15.9. The molecule has 1 aromatic heterocycles. The van der Waals surface area contributed by atoms with Gasteiger partial charge in [-0.25, -0.2) is 0 Å². The third-order valence-electron chi connectivity index (χ3n) is 5.38. The average Bonchev–Trinajstić information content (AvgIpc) is 2.64. The van der Waals surface area contributed by atoms with Crippen molar-refractivity contribution in [2.75, 3.05) is 13.1 Å². The van der Waals surface area contributed by atoms with Crippen LogP contribution in [0.3, 0.4) is 0 Å². The highest BCUT2D eigenvalue weighted by Crippen LogP contribution is 2.21. The smallest absolute Gasteiger partial charge is 0.0447 e. The van der Waals surface area contributed by atoms with E-state index in [2.05, 4.69) is 30.6 Å². The van der Waals surface area contributed by atoms with Crippen LogP contribution >= 0.6 is 0 Å². The van der Waals surface area contributed by atoms with Crippen LogP contribution in [0.15, 0.2) is 18.3 Å². The SMILES string of the molecule is CCCCCCCCCCCCc1ccc(C2CCCNC2)nc1. The van der Waals surface area contributed by atoms with E-state index in [0.29, 0.717) is 5.92 Å². The van der Waals surface area contributed by atoms with Crippen LogP contribution < -0.4 is 5.32 Å². The zero-order chi connectivity index (χ0) is 16.9. The van der Waals surface area contributed by atoms with Crippen LogP contribution in [0.25, 0.3) is 0 Å². The van der Waals surface area contributed by atoms with Crippen molar-refractivity contribution in [3.05, 3.63) is 29.6 Å². The first-order valence-corrected chi connectivity index (χ1v) is 10.6. The second-order valence-electron chi connectivity index (χ2n) is 7.57. The number of pyridine rings is 1. The normalized spacial score (nSPS) is 18.0. The van der Waals surface area contributed by atoms with E-state index in [9.17, 15) is 0 Å². The Morgan fingerprint density at radius 1 is 0.958 bits per heavy atom. The van der Waals surface area contributed by atoms with Crippen molar-refractivity contribution in [2.24, 2.45) is 0 Å². The number of piperidine rings is 1. The van der Waals surface area contributed by atoms with E-state index in [1.807, 2.05) is 0 Å². The van der Waals surface area contributed by atoms with Gasteiger partial charge in [-0.15, -0.1) is 0 Å². The van der Waals surface area contributed by atoms with Crippen LogP contribution in [0.2, 0.25) is 0 Å². The van der Waals surface area contributed by atoms with E-state index in [1.54, 1.807) is 0 Å². The molecule has 0 saturated carbocycles. The van der Waals surface area contributed by atoms with Gasteiger partial charge in [-0.2, -0.15) is 0 Å². The van der Waals surface area contributed by atoms with Crippen LogP contribution in [-0.4, -0.2) is 18.1 Å². The predicted octanol–water partition coefficient (Wildman–Crippen LogP) is 6.01. The maximum Gasteiger partial charge on any atom is 0.0447 e. The summed E-state index contributed by atoms with van der Waals surface area (Å²) in [4.78, 5) is 4.73. The van der Waals surface area contributed by atoms with Crippen LogP contribution in [0.5, 0.6) is 0 Å². The van der Waals surface area contributed by atoms with E-state index in [4.69, 9.17) is 4.98 Å². The number of unbranched alkanes of at least 4 members (excludes halogenated alkanes) is 9. The van der Waals surface area contributed by atoms with Gasteiger partial charge in [-0.3, -0.25) is 4.98 Å². The Kier molecular flexibility index (Phi) is 10.1. The molecule has 2 nitrogen and oxygen atoms in total. The number of aryl methyl sites for hydroxylation is 1. The van der Waals surface area contributed by atoms with Crippen molar-refractivity contribution in [1.82, 2.24) is 10.3 Å². The summed E-state index contributed by atoms with van der Waals surface area (Å²) in [6.07, 6.45) is 20.0. The van der Waals surface area contributed by atoms with Crippen molar-refractivity contribution >= 4 is 0 Å². The minimum Gasteiger partial charge on any atom is -0.316 e. The van der Waals surface area contributed by atoms with E-state index in [1.165, 1.54) is 101 Å². The summed E-state index contributed by atoms with van der Waals surface area (Å²) < 4.78 is 0. The second kappa shape index (κ2) is 12.5. The van der Waals surface area contributed by atoms with Crippen molar-refractivity contribution in [3.8, 4) is 0 Å². The summed E-state index contributed by atoms with van der Waals surface area (Å²) in [5.41, 5.74) is 2.70. The molecule has 0 aliphatic carbocycles. The number of rotatable bonds is 12. The molecule has 1 aliphatic heterocycles. The van der Waals surface area contributed by atoms with Crippen LogP contribution in [-0.2, 0) is 6.42 Å². The Morgan fingerprint density at radius 2 is 1.67 bits per heavy atom. The highest BCUT2D eigenvalue weighted by Gasteiger charge is 2.15. The summed E-state index contributed by atoms with van der Waals surface area (Å²) in [5.74, 6) is 0.630. The Labute approximate surface area is 149 Å². The molecule has 1 atom stereocenters. The van der Waals surface area contributed by atoms with Gasteiger partial charge in [-0.05, 0) is 43.9 Å². The molecule has 0 bridgehead atoms. The second-order valence-corrected chi connectivity index (χ2v) is 7.57. The molecule has 1 saturated heterocycles. The number of nitrogens with zero attached hydrogens (tertiary/aromatic N) is 1. The van der Waals surface area contributed by atoms with E-state index < -0.39 is 0 Å². The number of aromatic nitrogens is 1. The maximum atomic E-state index is 4.73. The van der Waals surface area contributed by atoms with Gasteiger partial charge in [0.05, 0.1) is 0 Å². The Balaban J connectivity index is 1.50. The lowest BCUT2D eigenvalue weighted by Crippen LogP contribution is -2.28. The highest BCUT2D eigenvalue weighted by molar-refractivity contribution is 5.17. The van der Waals surface area contributed by atoms with Crippen molar-refractivity contribution in [1.29, 1.82) is 0 Å². The number of nitrogens with one attached hydrogen (secondary N) is 1. The fourth-order valence-corrected chi connectivity index (χ4v) is 3.75. The summed E-state index contributed by atoms with van der Waals surface area (Å²) in [6, 6.07) is 4.58. The van der Waals surface area contributed by atoms with Crippen molar-refractivity contribution in [2.45, 2.75) is 96.3 Å². The van der Waals surface area contributed by atoms with E-state index in [0.717, 1.165) is 6.54 Å². The van der Waals surface area contributed by atoms with Gasteiger partial charge in [0.1, 0.15) is 0 Å². The molecule has 1 aliphatic rings. The van der Waals surface area contributed by atoms with Gasteiger partial charge in [-0.1, -0.05) is 70.8 Å². The minimum atomic E-state index is 0.630. The van der Waals surface area contributed by atoms with Gasteiger partial charge in [0.25, 0.3) is 0 Å². The van der Waals surface area contributed by atoms with Crippen molar-refractivity contribution in [3.63, 3.8) is 0 Å². The molecule has 24 heavy (non-hydrogen) atoms. The van der Waals surface area contributed by atoms with Crippen LogP contribution in [0, 0.1) is 0 Å². The molecular weight excluding hydrogens is 292 g/mol. The van der Waals surface area contributed by atoms with Gasteiger partial charge >= 0.3 is 0 Å². The number of hydrogen-bond acceptors (Lipinski definition) is 2. The van der Waals surface area contributed by atoms with Gasteiger partial charge in [0.15, 0.2) is 0 Å². The first kappa shape index (κ1) is 19.4. The van der Waals surface area contributed by atoms with Crippen LogP contribution in [0.1, 0.15) is 101 Å². The Morgan fingerprint density at radius 3 is 2.25 bits per heavy atom. The summed E-state index contributed by atoms with van der Waals surface area (Å²) in [7, 11) is 0. The Hall–Kier alpha value is -0.890. The fraction of sp³-hybridized carbons (Fsp3) is 0.773. The molecule has 1 N–H and O–H groups in total. The van der Waals surface area contributed by atoms with Gasteiger partial charge in [0, 0.05) is 24.4 Å². The lowest BCUT2D eigenvalue weighted by Gasteiger charge is -2.22. The third kappa shape index (κ3) is 7.79. The third-order valence-corrected chi connectivity index (χ3v) is 5.38. The molecule has 0 amide bonds. The monoisotopic (exact) mass is 330 g/mol. The topological polar surface area (TPSA) is 24.9 Å². The standard InChI is InChI=1S/C22H38N2/c1-2-3-4-5-6-7-8-9-10-11-13-20-15-16-22(24-18-20)21-14-12-17-23-19-21/h15-16,18,21,23H,2-14,17,19H2,1H3. The molecule has 1 aromatic rings. The first-order valence-electron chi connectivity index (χ1n) is 10.6. The molecule has 2 heteroatoms. The lowest BCUT2D eigenvalue weighted by atomic mass is 9.95. The summed E-state index contributed by atoms with van der Waals surface area (Å²) in [5, 5.41) is 3.48. The lowest BCUT2D eigenvalue weighted by molar-refractivity contribution is 0.454. The first-order chi connectivity index (χ1) is 11.9. The average molecular weight is 331 g/mol. The van der Waals surface area contributed by atoms with Crippen molar-refractivity contribution < 1.29 is 0 Å². The molecule has 136 valence electrons.